The lowest BCUT2D eigenvalue weighted by Crippen LogP contribution is -2.46. The van der Waals surface area contributed by atoms with E-state index in [0.717, 1.165) is 38.5 Å². The molecule has 0 fully saturated rings. The molecule has 3 aliphatic rings. The van der Waals surface area contributed by atoms with E-state index >= 15 is 0 Å². The van der Waals surface area contributed by atoms with Crippen LogP contribution in [0.2, 0.25) is 0 Å². The van der Waals surface area contributed by atoms with Crippen molar-refractivity contribution in [1.82, 2.24) is 0 Å². The van der Waals surface area contributed by atoms with Gasteiger partial charge in [-0.25, -0.2) is 12.8 Å². The Morgan fingerprint density at radius 2 is 1.50 bits per heavy atom. The summed E-state index contributed by atoms with van der Waals surface area (Å²) in [4.78, 5) is 13.7. The van der Waals surface area contributed by atoms with Gasteiger partial charge < -0.3 is 14.0 Å². The van der Waals surface area contributed by atoms with Gasteiger partial charge in [0.15, 0.2) is 16.3 Å². The predicted octanol–water partition coefficient (Wildman–Crippen LogP) is 6.95. The first-order valence-electron chi connectivity index (χ1n) is 12.9. The van der Waals surface area contributed by atoms with Crippen LogP contribution in [-0.4, -0.2) is 43.6 Å². The minimum absolute atomic E-state index is 0.194. The van der Waals surface area contributed by atoms with E-state index in [1.54, 1.807) is 0 Å². The smallest absolute Gasteiger partial charge is 0.364 e. The second-order valence-corrected chi connectivity index (χ2v) is 15.2. The van der Waals surface area contributed by atoms with Crippen LogP contribution in [0.1, 0.15) is 46.1 Å². The van der Waals surface area contributed by atoms with Crippen LogP contribution in [0.5, 0.6) is 0 Å². The largest absolute Gasteiger partial charge is 0.743 e. The summed E-state index contributed by atoms with van der Waals surface area (Å²) >= 11 is 6.79. The Balaban J connectivity index is 1.42. The van der Waals surface area contributed by atoms with Crippen LogP contribution in [-0.2, 0) is 31.0 Å². The highest BCUT2D eigenvalue weighted by Gasteiger charge is 2.53. The lowest BCUT2D eigenvalue weighted by molar-refractivity contribution is -0.154. The van der Waals surface area contributed by atoms with Crippen molar-refractivity contribution in [2.45, 2.75) is 36.3 Å². The van der Waals surface area contributed by atoms with Gasteiger partial charge in [0.2, 0.25) is 0 Å². The average molecular weight is 937 g/mol. The van der Waals surface area contributed by atoms with Gasteiger partial charge in [0.05, 0.1) is 25.7 Å². The molecule has 3 aromatic rings. The first kappa shape index (κ1) is 32.4. The summed E-state index contributed by atoms with van der Waals surface area (Å²) in [5.41, 5.74) is 5.06. The Hall–Kier alpha value is -1.02. The molecule has 42 heavy (non-hydrogen) atoms. The fourth-order valence-corrected chi connectivity index (χ4v) is 8.87. The summed E-state index contributed by atoms with van der Waals surface area (Å²) < 4.78 is 88.6. The Labute approximate surface area is 282 Å². The number of benzene rings is 3. The van der Waals surface area contributed by atoms with Crippen molar-refractivity contribution in [3.8, 4) is 0 Å². The quantitative estimate of drug-likeness (QED) is 0.0947. The molecular weight excluding hydrogens is 914 g/mol. The number of carbonyl (C=O) groups excluding carboxylic acids is 1. The van der Waals surface area contributed by atoms with Crippen molar-refractivity contribution in [3.05, 3.63) is 99.2 Å². The molecule has 224 valence electrons. The van der Waals surface area contributed by atoms with Gasteiger partial charge >= 0.3 is 11.2 Å². The van der Waals surface area contributed by atoms with Crippen molar-refractivity contribution in [1.29, 1.82) is 0 Å². The van der Waals surface area contributed by atoms with Gasteiger partial charge in [-0.1, -0.05) is 48.5 Å². The van der Waals surface area contributed by atoms with Gasteiger partial charge in [-0.2, -0.15) is 8.78 Å². The lowest BCUT2D eigenvalue weighted by Gasteiger charge is -2.49. The number of halogens is 6. The molecule has 0 heterocycles. The molecule has 3 aromatic carbocycles. The van der Waals surface area contributed by atoms with Crippen molar-refractivity contribution >= 4 is 83.9 Å². The summed E-state index contributed by atoms with van der Waals surface area (Å²) in [6.45, 7) is -0.304. The van der Waals surface area contributed by atoms with Gasteiger partial charge in [-0.15, -0.1) is 0 Å². The molecule has 6 nitrogen and oxygen atoms in total. The van der Waals surface area contributed by atoms with Crippen LogP contribution in [0.15, 0.2) is 60.7 Å². The molecule has 13 heteroatoms. The predicted molar refractivity (Wildman–Crippen MR) is 173 cm³/mol. The summed E-state index contributed by atoms with van der Waals surface area (Å²) in [6.07, 6.45) is -4.45. The summed E-state index contributed by atoms with van der Waals surface area (Å²) in [5.74, 6) is -2.49. The minimum atomic E-state index is -6.21. The van der Waals surface area contributed by atoms with Gasteiger partial charge in [0.1, 0.15) is 0 Å². The summed E-state index contributed by atoms with van der Waals surface area (Å²) in [6, 6.07) is 19.7. The number of hydrogen-bond acceptors (Lipinski definition) is 6. The van der Waals surface area contributed by atoms with Crippen molar-refractivity contribution in [2.75, 3.05) is 13.2 Å². The Morgan fingerprint density at radius 1 is 0.952 bits per heavy atom. The maximum absolute atomic E-state index is 14.1. The Bertz CT molecular complexity index is 1570. The molecule has 0 aliphatic heterocycles. The minimum Gasteiger partial charge on any atom is -0.743 e. The number of ether oxygens (including phenoxy) is 2. The topological polar surface area (TPSA) is 92.7 Å². The zero-order valence-electron chi connectivity index (χ0n) is 21.6. The monoisotopic (exact) mass is 937 g/mol. The number of carbonyl (C=O) groups is 1. The average Bonchev–Trinajstić information content (AvgIpc) is 2.94. The zero-order chi connectivity index (χ0) is 30.4. The van der Waals surface area contributed by atoms with E-state index in [4.69, 9.17) is 9.47 Å². The molecule has 0 saturated carbocycles. The Morgan fingerprint density at radius 3 is 2.05 bits per heavy atom. The number of rotatable bonds is 10. The highest BCUT2D eigenvalue weighted by atomic mass is 127. The number of alkyl halides is 3. The van der Waals surface area contributed by atoms with Gasteiger partial charge in [0.25, 0.3) is 0 Å². The number of hydrogen-bond donors (Lipinski definition) is 0. The van der Waals surface area contributed by atoms with E-state index in [-0.39, 0.29) is 18.4 Å². The van der Waals surface area contributed by atoms with E-state index in [2.05, 4.69) is 73.8 Å². The van der Waals surface area contributed by atoms with Gasteiger partial charge in [-0.3, -0.25) is 4.79 Å². The highest BCUT2D eigenvalue weighted by Crippen LogP contribution is 2.58. The molecule has 0 radical (unpaired) electrons. The number of fused-ring (bicyclic) bond motifs is 1. The first-order valence-corrected chi connectivity index (χ1v) is 17.5. The summed E-state index contributed by atoms with van der Waals surface area (Å²) in [7, 11) is -6.21. The van der Waals surface area contributed by atoms with E-state index in [9.17, 15) is 30.9 Å². The van der Waals surface area contributed by atoms with Crippen LogP contribution in [0.3, 0.4) is 0 Å². The normalized spacial score (nSPS) is 21.9. The molecule has 0 aromatic heterocycles. The van der Waals surface area contributed by atoms with E-state index in [1.165, 1.54) is 0 Å². The molecule has 2 bridgehead atoms. The molecule has 0 saturated heterocycles. The third-order valence-electron chi connectivity index (χ3n) is 7.80. The van der Waals surface area contributed by atoms with E-state index in [1.807, 2.05) is 54.6 Å². The summed E-state index contributed by atoms with van der Waals surface area (Å²) in [5, 5.41) is -5.12. The molecule has 6 rings (SSSR count). The highest BCUT2D eigenvalue weighted by molar-refractivity contribution is 14.1. The van der Waals surface area contributed by atoms with Crippen LogP contribution >= 0.6 is 67.8 Å². The third kappa shape index (κ3) is 6.10. The maximum Gasteiger partial charge on any atom is 0.364 e. The van der Waals surface area contributed by atoms with E-state index < -0.39 is 52.4 Å². The van der Waals surface area contributed by atoms with Crippen LogP contribution in [0.25, 0.3) is 0 Å². The zero-order valence-corrected chi connectivity index (χ0v) is 28.9. The SMILES string of the molecule is O=C(OCCC(F)C(F)(F)S(=O)(=O)[O-])C1C2c3ccccc3C(c3ccccc32)C1COCc1cc(I)cc(I)c1I. The standard InChI is InChI=1S/C29H24F3I3O6S/c30-23(29(31,32)42(37,38)39)9-10-41-28(36)26-21(14-40-13-15-11-16(33)12-22(34)27(15)35)24-17-5-1-3-7-19(17)25(26)20-8-4-2-6-18(20)24/h1-8,11-12,21,23-26H,9-10,13-14H2,(H,37,38,39)/p-1. The van der Waals surface area contributed by atoms with Gasteiger partial charge in [-0.05, 0) is 108 Å². The number of esters is 1. The maximum atomic E-state index is 14.1. The second-order valence-electron chi connectivity index (χ2n) is 10.2. The fourth-order valence-electron chi connectivity index (χ4n) is 6.01. The lowest BCUT2D eigenvalue weighted by atomic mass is 9.54. The van der Waals surface area contributed by atoms with Crippen LogP contribution in [0.4, 0.5) is 13.2 Å². The molecule has 0 spiro atoms. The van der Waals surface area contributed by atoms with Crippen molar-refractivity contribution in [2.24, 2.45) is 11.8 Å². The first-order chi connectivity index (χ1) is 19.8. The van der Waals surface area contributed by atoms with E-state index in [0.29, 0.717) is 6.61 Å². The third-order valence-corrected chi connectivity index (χ3v) is 12.5. The van der Waals surface area contributed by atoms with Crippen molar-refractivity contribution in [3.63, 3.8) is 0 Å². The molecule has 3 atom stereocenters. The van der Waals surface area contributed by atoms with Crippen LogP contribution in [0, 0.1) is 22.5 Å². The Kier molecular flexibility index (Phi) is 9.84. The molecule has 0 amide bonds. The van der Waals surface area contributed by atoms with Gasteiger partial charge in [0, 0.05) is 34.9 Å². The molecule has 0 N–H and O–H groups in total. The van der Waals surface area contributed by atoms with Crippen molar-refractivity contribution < 1.29 is 40.4 Å². The second kappa shape index (κ2) is 12.8. The van der Waals surface area contributed by atoms with Crippen LogP contribution < -0.4 is 0 Å². The molecule has 3 aliphatic carbocycles. The fraction of sp³-hybridized carbons (Fsp3) is 0.345. The molecule has 3 unspecified atom stereocenters. The molecular formula is C29H23F3I3O6S-.